The van der Waals surface area contributed by atoms with Crippen LogP contribution in [0, 0.1) is 13.8 Å². The van der Waals surface area contributed by atoms with Gasteiger partial charge in [0.1, 0.15) is 11.4 Å². The molecule has 0 spiro atoms. The van der Waals surface area contributed by atoms with Gasteiger partial charge >= 0.3 is 0 Å². The monoisotopic (exact) mass is 413 g/mol. The van der Waals surface area contributed by atoms with Crippen LogP contribution in [0.3, 0.4) is 0 Å². The molecule has 6 heteroatoms. The molecule has 0 fully saturated rings. The van der Waals surface area contributed by atoms with Gasteiger partial charge in [-0.05, 0) is 72.5 Å². The normalized spacial score (nSPS) is 13.7. The van der Waals surface area contributed by atoms with E-state index < -0.39 is 0 Å². The van der Waals surface area contributed by atoms with Crippen LogP contribution in [0.5, 0.6) is 5.75 Å². The van der Waals surface area contributed by atoms with E-state index in [4.69, 9.17) is 4.74 Å². The smallest absolute Gasteiger partial charge is 0.278 e. The Labute approximate surface area is 181 Å². The van der Waals surface area contributed by atoms with Crippen molar-refractivity contribution in [2.75, 3.05) is 12.4 Å². The van der Waals surface area contributed by atoms with Crippen molar-refractivity contribution < 1.29 is 14.3 Å². The van der Waals surface area contributed by atoms with Crippen LogP contribution in [-0.4, -0.2) is 28.8 Å². The summed E-state index contributed by atoms with van der Waals surface area (Å²) in [4.78, 5) is 32.0. The lowest BCUT2D eigenvalue weighted by molar-refractivity contribution is -0.137. The number of ether oxygens (including phenoxy) is 1. The summed E-state index contributed by atoms with van der Waals surface area (Å²) in [5.74, 6) is 0.0361. The molecule has 0 saturated heterocycles. The highest BCUT2D eigenvalue weighted by molar-refractivity contribution is 6.36. The first-order valence-electron chi connectivity index (χ1n) is 9.96. The van der Waals surface area contributed by atoms with Crippen LogP contribution >= 0.6 is 0 Å². The summed E-state index contributed by atoms with van der Waals surface area (Å²) in [7, 11) is 1.60. The van der Waals surface area contributed by atoms with Crippen LogP contribution in [0.4, 0.5) is 5.69 Å². The van der Waals surface area contributed by atoms with Gasteiger partial charge in [0, 0.05) is 18.1 Å². The molecule has 0 radical (unpaired) electrons. The molecule has 1 N–H and O–H groups in total. The molecular formula is C25H23N3O3. The SMILES string of the molecule is COc1ccc(NC2=C(c3ccc(C)c(C)c3)C(=O)N(Cc3ccncc3)C2=O)cc1. The maximum absolute atomic E-state index is 13.4. The Morgan fingerprint density at radius 3 is 2.26 bits per heavy atom. The van der Waals surface area contributed by atoms with E-state index in [0.717, 1.165) is 22.3 Å². The van der Waals surface area contributed by atoms with E-state index >= 15 is 0 Å². The predicted molar refractivity (Wildman–Crippen MR) is 119 cm³/mol. The van der Waals surface area contributed by atoms with Crippen molar-refractivity contribution in [3.05, 3.63) is 94.9 Å². The third-order valence-electron chi connectivity index (χ3n) is 5.41. The predicted octanol–water partition coefficient (Wildman–Crippen LogP) is 4.10. The first kappa shape index (κ1) is 20.3. The summed E-state index contributed by atoms with van der Waals surface area (Å²) in [6.07, 6.45) is 3.29. The van der Waals surface area contributed by atoms with Crippen LogP contribution in [0.15, 0.2) is 72.7 Å². The van der Waals surface area contributed by atoms with E-state index in [2.05, 4.69) is 10.3 Å². The van der Waals surface area contributed by atoms with E-state index in [9.17, 15) is 9.59 Å². The molecule has 2 amide bonds. The van der Waals surface area contributed by atoms with Gasteiger partial charge in [0.05, 0.1) is 19.2 Å². The number of nitrogens with zero attached hydrogens (tertiary/aromatic N) is 2. The minimum absolute atomic E-state index is 0.183. The average molecular weight is 413 g/mol. The second-order valence-electron chi connectivity index (χ2n) is 7.45. The van der Waals surface area contributed by atoms with Crippen LogP contribution in [0.2, 0.25) is 0 Å². The number of anilines is 1. The van der Waals surface area contributed by atoms with E-state index in [1.54, 1.807) is 43.8 Å². The fraction of sp³-hybridized carbons (Fsp3) is 0.160. The van der Waals surface area contributed by atoms with Gasteiger partial charge in [-0.1, -0.05) is 18.2 Å². The van der Waals surface area contributed by atoms with Gasteiger partial charge < -0.3 is 10.1 Å². The van der Waals surface area contributed by atoms with Gasteiger partial charge in [-0.2, -0.15) is 0 Å². The first-order chi connectivity index (χ1) is 15.0. The summed E-state index contributed by atoms with van der Waals surface area (Å²) < 4.78 is 5.20. The zero-order valence-corrected chi connectivity index (χ0v) is 17.7. The molecule has 31 heavy (non-hydrogen) atoms. The van der Waals surface area contributed by atoms with Crippen molar-refractivity contribution in [2.24, 2.45) is 0 Å². The van der Waals surface area contributed by atoms with E-state index in [1.165, 1.54) is 4.90 Å². The number of rotatable bonds is 6. The van der Waals surface area contributed by atoms with Gasteiger partial charge in [-0.25, -0.2) is 0 Å². The minimum Gasteiger partial charge on any atom is -0.497 e. The van der Waals surface area contributed by atoms with Crippen LogP contribution in [0.25, 0.3) is 5.57 Å². The highest BCUT2D eigenvalue weighted by Gasteiger charge is 2.39. The maximum Gasteiger partial charge on any atom is 0.278 e. The standard InChI is InChI=1S/C25H23N3O3/c1-16-4-5-19(14-17(16)2)22-23(27-20-6-8-21(31-3)9-7-20)25(30)28(24(22)29)15-18-10-12-26-13-11-18/h4-14,27H,15H2,1-3H3. The lowest BCUT2D eigenvalue weighted by Crippen LogP contribution is -2.32. The molecule has 6 nitrogen and oxygen atoms in total. The first-order valence-corrected chi connectivity index (χ1v) is 9.96. The second-order valence-corrected chi connectivity index (χ2v) is 7.45. The maximum atomic E-state index is 13.4. The fourth-order valence-corrected chi connectivity index (χ4v) is 3.49. The Bertz CT molecular complexity index is 1170. The molecule has 0 atom stereocenters. The Kier molecular flexibility index (Phi) is 5.54. The Morgan fingerprint density at radius 1 is 0.903 bits per heavy atom. The Balaban J connectivity index is 1.75. The molecule has 0 aliphatic carbocycles. The zero-order chi connectivity index (χ0) is 22.0. The number of amides is 2. The zero-order valence-electron chi connectivity index (χ0n) is 17.7. The van der Waals surface area contributed by atoms with Crippen LogP contribution in [-0.2, 0) is 16.1 Å². The number of carbonyl (C=O) groups is 2. The third kappa shape index (κ3) is 4.05. The lowest BCUT2D eigenvalue weighted by atomic mass is 9.99. The molecule has 2 aromatic carbocycles. The third-order valence-corrected chi connectivity index (χ3v) is 5.41. The largest absolute Gasteiger partial charge is 0.497 e. The quantitative estimate of drug-likeness (QED) is 0.616. The van der Waals surface area contributed by atoms with Crippen LogP contribution in [0.1, 0.15) is 22.3 Å². The Hall–Kier alpha value is -3.93. The van der Waals surface area contributed by atoms with E-state index in [0.29, 0.717) is 17.0 Å². The van der Waals surface area contributed by atoms with Crippen molar-refractivity contribution in [1.29, 1.82) is 0 Å². The number of aryl methyl sites for hydroxylation is 2. The number of hydrogen-bond donors (Lipinski definition) is 1. The summed E-state index contributed by atoms with van der Waals surface area (Å²) in [6.45, 7) is 4.19. The van der Waals surface area contributed by atoms with Crippen molar-refractivity contribution >= 4 is 23.1 Å². The number of aromatic nitrogens is 1. The van der Waals surface area contributed by atoms with Gasteiger partial charge in [-0.15, -0.1) is 0 Å². The number of methoxy groups -OCH3 is 1. The van der Waals surface area contributed by atoms with Crippen molar-refractivity contribution in [1.82, 2.24) is 9.88 Å². The van der Waals surface area contributed by atoms with Gasteiger partial charge in [0.15, 0.2) is 0 Å². The number of imide groups is 1. The van der Waals surface area contributed by atoms with Crippen molar-refractivity contribution in [3.63, 3.8) is 0 Å². The number of pyridine rings is 1. The van der Waals surface area contributed by atoms with Gasteiger partial charge in [0.25, 0.3) is 11.8 Å². The second kappa shape index (κ2) is 8.44. The van der Waals surface area contributed by atoms with E-state index in [-0.39, 0.29) is 24.1 Å². The summed E-state index contributed by atoms with van der Waals surface area (Å²) in [5.41, 5.74) is 5.08. The van der Waals surface area contributed by atoms with Crippen molar-refractivity contribution in [2.45, 2.75) is 20.4 Å². The summed E-state index contributed by atoms with van der Waals surface area (Å²) in [6, 6.07) is 16.6. The molecule has 2 heterocycles. The highest BCUT2D eigenvalue weighted by atomic mass is 16.5. The lowest BCUT2D eigenvalue weighted by Gasteiger charge is -2.15. The minimum atomic E-state index is -0.356. The van der Waals surface area contributed by atoms with Gasteiger partial charge in [0.2, 0.25) is 0 Å². The molecule has 156 valence electrons. The number of benzene rings is 2. The Morgan fingerprint density at radius 2 is 1.61 bits per heavy atom. The summed E-state index contributed by atoms with van der Waals surface area (Å²) >= 11 is 0. The number of carbonyl (C=O) groups excluding carboxylic acids is 2. The molecule has 0 bridgehead atoms. The van der Waals surface area contributed by atoms with Gasteiger partial charge in [-0.3, -0.25) is 19.5 Å². The highest BCUT2D eigenvalue weighted by Crippen LogP contribution is 2.32. The molecule has 0 unspecified atom stereocenters. The van der Waals surface area contributed by atoms with Crippen LogP contribution < -0.4 is 10.1 Å². The number of hydrogen-bond acceptors (Lipinski definition) is 5. The molecule has 3 aromatic rings. The molecule has 4 rings (SSSR count). The van der Waals surface area contributed by atoms with Crippen molar-refractivity contribution in [3.8, 4) is 5.75 Å². The molecule has 1 aromatic heterocycles. The topological polar surface area (TPSA) is 71.5 Å². The molecule has 0 saturated carbocycles. The van der Waals surface area contributed by atoms with E-state index in [1.807, 2.05) is 44.2 Å². The average Bonchev–Trinajstić information content (AvgIpc) is 3.01. The fourth-order valence-electron chi connectivity index (χ4n) is 3.49. The number of nitrogens with one attached hydrogen (secondary N) is 1. The molecule has 1 aliphatic heterocycles. The molecular weight excluding hydrogens is 390 g/mol. The summed E-state index contributed by atoms with van der Waals surface area (Å²) in [5, 5.41) is 3.17. The molecule has 1 aliphatic rings.